The molecule has 8 nitrogen and oxygen atoms in total. The number of nitrogens with zero attached hydrogens (tertiary/aromatic N) is 1. The van der Waals surface area contributed by atoms with E-state index in [1.54, 1.807) is 48.5 Å². The van der Waals surface area contributed by atoms with Crippen LogP contribution in [0.2, 0.25) is 0 Å². The lowest BCUT2D eigenvalue weighted by molar-refractivity contribution is -0.132. The van der Waals surface area contributed by atoms with Crippen LogP contribution in [0.5, 0.6) is 11.5 Å². The number of nitrogens with one attached hydrogen (secondary N) is 1. The number of ether oxygens (including phenoxy) is 2. The van der Waals surface area contributed by atoms with Gasteiger partial charge in [-0.15, -0.1) is 0 Å². The summed E-state index contributed by atoms with van der Waals surface area (Å²) in [7, 11) is 1.42. The molecule has 0 atom stereocenters. The van der Waals surface area contributed by atoms with Crippen LogP contribution in [-0.4, -0.2) is 24.0 Å². The number of hydrogen-bond donors (Lipinski definition) is 1. The normalized spacial score (nSPS) is 10.6. The van der Waals surface area contributed by atoms with E-state index in [0.29, 0.717) is 27.7 Å². The van der Waals surface area contributed by atoms with Crippen LogP contribution < -0.4 is 20.4 Å². The second-order valence-electron chi connectivity index (χ2n) is 6.81. The largest absolute Gasteiger partial charge is 0.493 e. The van der Waals surface area contributed by atoms with Crippen LogP contribution in [0.25, 0.3) is 22.4 Å². The van der Waals surface area contributed by atoms with Crippen molar-refractivity contribution >= 4 is 28.5 Å². The SMILES string of the molecule is COc1cc(C(=O)Nc2ccc(-c3nc4ccccc4c(=O)o3)cc2)ccc1OC(C)=O. The maximum absolute atomic E-state index is 12.6. The van der Waals surface area contributed by atoms with E-state index in [1.165, 1.54) is 32.2 Å². The average Bonchev–Trinajstić information content (AvgIpc) is 2.79. The Hall–Kier alpha value is -4.46. The predicted octanol–water partition coefficient (Wildman–Crippen LogP) is 4.04. The van der Waals surface area contributed by atoms with Crippen molar-refractivity contribution in [2.45, 2.75) is 6.92 Å². The molecule has 160 valence electrons. The number of rotatable bonds is 5. The van der Waals surface area contributed by atoms with Gasteiger partial charge in [-0.3, -0.25) is 9.59 Å². The zero-order valence-corrected chi connectivity index (χ0v) is 17.2. The fourth-order valence-corrected chi connectivity index (χ4v) is 3.09. The Morgan fingerprint density at radius 2 is 1.72 bits per heavy atom. The van der Waals surface area contributed by atoms with E-state index in [9.17, 15) is 14.4 Å². The minimum absolute atomic E-state index is 0.192. The molecule has 32 heavy (non-hydrogen) atoms. The molecule has 8 heteroatoms. The monoisotopic (exact) mass is 430 g/mol. The molecule has 4 aromatic rings. The summed E-state index contributed by atoms with van der Waals surface area (Å²) >= 11 is 0. The molecule has 0 bridgehead atoms. The van der Waals surface area contributed by atoms with Crippen molar-refractivity contribution in [1.82, 2.24) is 4.98 Å². The summed E-state index contributed by atoms with van der Waals surface area (Å²) in [6, 6.07) is 18.2. The first-order chi connectivity index (χ1) is 15.4. The number of methoxy groups -OCH3 is 1. The standard InChI is InChI=1S/C24H18N2O6/c1-14(27)31-20-12-9-16(13-21(20)30-2)22(28)25-17-10-7-15(8-11-17)23-26-19-6-4-3-5-18(19)24(29)32-23/h3-13H,1-2H3,(H,25,28). The molecule has 0 aliphatic carbocycles. The number of carbonyl (C=O) groups excluding carboxylic acids is 2. The first-order valence-corrected chi connectivity index (χ1v) is 9.63. The molecule has 0 aliphatic heterocycles. The van der Waals surface area contributed by atoms with Gasteiger partial charge in [-0.2, -0.15) is 0 Å². The third-order valence-electron chi connectivity index (χ3n) is 4.60. The van der Waals surface area contributed by atoms with Gasteiger partial charge < -0.3 is 19.2 Å². The second kappa shape index (κ2) is 8.73. The fraction of sp³-hybridized carbons (Fsp3) is 0.0833. The Kier molecular flexibility index (Phi) is 5.67. The first-order valence-electron chi connectivity index (χ1n) is 9.63. The quantitative estimate of drug-likeness (QED) is 0.376. The first kappa shape index (κ1) is 20.8. The lowest BCUT2D eigenvalue weighted by Crippen LogP contribution is -2.12. The third-order valence-corrected chi connectivity index (χ3v) is 4.60. The zero-order valence-electron chi connectivity index (χ0n) is 17.2. The molecule has 0 saturated heterocycles. The fourth-order valence-electron chi connectivity index (χ4n) is 3.09. The van der Waals surface area contributed by atoms with Gasteiger partial charge in [0, 0.05) is 23.7 Å². The number of para-hydroxylation sites is 1. The molecule has 0 fully saturated rings. The summed E-state index contributed by atoms with van der Waals surface area (Å²) in [6.07, 6.45) is 0. The summed E-state index contributed by atoms with van der Waals surface area (Å²) in [5.41, 5.74) is 1.53. The van der Waals surface area contributed by atoms with Crippen molar-refractivity contribution in [3.05, 3.63) is 82.7 Å². The summed E-state index contributed by atoms with van der Waals surface area (Å²) in [6.45, 7) is 1.28. The summed E-state index contributed by atoms with van der Waals surface area (Å²) < 4.78 is 15.6. The molecule has 0 spiro atoms. The number of anilines is 1. The number of hydrogen-bond acceptors (Lipinski definition) is 7. The highest BCUT2D eigenvalue weighted by atomic mass is 16.6. The molecular weight excluding hydrogens is 412 g/mol. The maximum Gasteiger partial charge on any atom is 0.347 e. The third kappa shape index (κ3) is 4.34. The topological polar surface area (TPSA) is 108 Å². The van der Waals surface area contributed by atoms with E-state index in [1.807, 2.05) is 0 Å². The number of amides is 1. The lowest BCUT2D eigenvalue weighted by atomic mass is 10.1. The molecular formula is C24H18N2O6. The van der Waals surface area contributed by atoms with Gasteiger partial charge >= 0.3 is 11.6 Å². The van der Waals surface area contributed by atoms with Crippen molar-refractivity contribution in [2.24, 2.45) is 0 Å². The van der Waals surface area contributed by atoms with Gasteiger partial charge in [0.1, 0.15) is 0 Å². The second-order valence-corrected chi connectivity index (χ2v) is 6.81. The minimum Gasteiger partial charge on any atom is -0.493 e. The molecule has 4 rings (SSSR count). The van der Waals surface area contributed by atoms with Gasteiger partial charge in [-0.25, -0.2) is 9.78 Å². The predicted molar refractivity (Wildman–Crippen MR) is 118 cm³/mol. The summed E-state index contributed by atoms with van der Waals surface area (Å²) in [4.78, 5) is 40.3. The highest BCUT2D eigenvalue weighted by Gasteiger charge is 2.13. The molecule has 0 unspecified atom stereocenters. The van der Waals surface area contributed by atoms with E-state index in [-0.39, 0.29) is 23.3 Å². The Morgan fingerprint density at radius 3 is 2.44 bits per heavy atom. The van der Waals surface area contributed by atoms with E-state index in [2.05, 4.69) is 10.3 Å². The van der Waals surface area contributed by atoms with E-state index in [0.717, 1.165) is 0 Å². The molecule has 3 aromatic carbocycles. The smallest absolute Gasteiger partial charge is 0.347 e. The van der Waals surface area contributed by atoms with Crippen molar-refractivity contribution < 1.29 is 23.5 Å². The van der Waals surface area contributed by atoms with E-state index < -0.39 is 11.6 Å². The molecule has 0 aliphatic rings. The Bertz CT molecular complexity index is 1380. The van der Waals surface area contributed by atoms with E-state index >= 15 is 0 Å². The number of fused-ring (bicyclic) bond motifs is 1. The molecule has 0 radical (unpaired) electrons. The van der Waals surface area contributed by atoms with Gasteiger partial charge in [0.25, 0.3) is 5.91 Å². The molecule has 1 amide bonds. The summed E-state index contributed by atoms with van der Waals surface area (Å²) in [5.74, 6) is -0.179. The van der Waals surface area contributed by atoms with Crippen LogP contribution in [0.15, 0.2) is 75.9 Å². The van der Waals surface area contributed by atoms with Crippen LogP contribution in [0.3, 0.4) is 0 Å². The minimum atomic E-state index is -0.489. The van der Waals surface area contributed by atoms with Gasteiger partial charge in [-0.1, -0.05) is 12.1 Å². The van der Waals surface area contributed by atoms with Crippen molar-refractivity contribution in [3.8, 4) is 23.0 Å². The van der Waals surface area contributed by atoms with Crippen LogP contribution in [-0.2, 0) is 4.79 Å². The van der Waals surface area contributed by atoms with Crippen molar-refractivity contribution in [2.75, 3.05) is 12.4 Å². The lowest BCUT2D eigenvalue weighted by Gasteiger charge is -2.10. The number of aromatic nitrogens is 1. The maximum atomic E-state index is 12.6. The summed E-state index contributed by atoms with van der Waals surface area (Å²) in [5, 5.41) is 3.19. The van der Waals surface area contributed by atoms with Crippen molar-refractivity contribution in [1.29, 1.82) is 0 Å². The number of benzene rings is 3. The van der Waals surface area contributed by atoms with Crippen LogP contribution >= 0.6 is 0 Å². The molecule has 1 heterocycles. The van der Waals surface area contributed by atoms with Gasteiger partial charge in [0.05, 0.1) is 18.0 Å². The Labute approximate surface area is 182 Å². The van der Waals surface area contributed by atoms with E-state index in [4.69, 9.17) is 13.9 Å². The van der Waals surface area contributed by atoms with Crippen LogP contribution in [0, 0.1) is 0 Å². The Morgan fingerprint density at radius 1 is 0.969 bits per heavy atom. The number of carbonyl (C=O) groups is 2. The van der Waals surface area contributed by atoms with Crippen LogP contribution in [0.1, 0.15) is 17.3 Å². The highest BCUT2D eigenvalue weighted by molar-refractivity contribution is 6.04. The van der Waals surface area contributed by atoms with Gasteiger partial charge in [-0.05, 0) is 54.6 Å². The average molecular weight is 430 g/mol. The number of esters is 1. The molecule has 0 saturated carbocycles. The molecule has 1 aromatic heterocycles. The highest BCUT2D eigenvalue weighted by Crippen LogP contribution is 2.29. The van der Waals surface area contributed by atoms with Crippen LogP contribution in [0.4, 0.5) is 5.69 Å². The van der Waals surface area contributed by atoms with Crippen molar-refractivity contribution in [3.63, 3.8) is 0 Å². The molecule has 1 N–H and O–H groups in total. The zero-order chi connectivity index (χ0) is 22.7. The van der Waals surface area contributed by atoms with Gasteiger partial charge in [0.15, 0.2) is 11.5 Å². The Balaban J connectivity index is 1.53. The van der Waals surface area contributed by atoms with Gasteiger partial charge in [0.2, 0.25) is 5.89 Å².